The summed E-state index contributed by atoms with van der Waals surface area (Å²) in [6.07, 6.45) is 5.24. The molecule has 34 heavy (non-hydrogen) atoms. The first-order valence-electron chi connectivity index (χ1n) is 11.3. The lowest BCUT2D eigenvalue weighted by molar-refractivity contribution is 0.456. The molecule has 0 heterocycles. The fourth-order valence-electron chi connectivity index (χ4n) is 4.30. The van der Waals surface area contributed by atoms with Crippen molar-refractivity contribution in [2.75, 3.05) is 0 Å². The molecule has 0 spiro atoms. The number of rotatable bonds is 12. The fraction of sp³-hybridized carbons (Fsp3) is 0.545. The Morgan fingerprint density at radius 2 is 1.03 bits per heavy atom. The third-order valence-electron chi connectivity index (χ3n) is 5.78. The first-order chi connectivity index (χ1) is 15.7. The van der Waals surface area contributed by atoms with E-state index in [4.69, 9.17) is 0 Å². The van der Waals surface area contributed by atoms with Crippen molar-refractivity contribution in [3.63, 3.8) is 0 Å². The van der Waals surface area contributed by atoms with Crippen LogP contribution in [0.4, 0.5) is 0 Å². The Kier molecular flexibility index (Phi) is 9.28. The van der Waals surface area contributed by atoms with Gasteiger partial charge in [0.25, 0.3) is 30.4 Å². The van der Waals surface area contributed by atoms with Gasteiger partial charge in [0, 0.05) is 5.39 Å². The van der Waals surface area contributed by atoms with Crippen LogP contribution in [0.1, 0.15) is 76.0 Å². The molecule has 0 unspecified atom stereocenters. The van der Waals surface area contributed by atoms with Crippen molar-refractivity contribution in [1.29, 1.82) is 0 Å². The summed E-state index contributed by atoms with van der Waals surface area (Å²) in [6, 6.07) is 2.97. The molecular weight excluding hydrogens is 504 g/mol. The number of hydrogen-bond acceptors (Lipinski definition) is 6. The predicted molar refractivity (Wildman–Crippen MR) is 129 cm³/mol. The Balaban J connectivity index is 3.38. The minimum Gasteiger partial charge on any atom is -0.282 e. The molecule has 3 N–H and O–H groups in total. The van der Waals surface area contributed by atoms with Crippen molar-refractivity contribution in [3.8, 4) is 0 Å². The topological polar surface area (TPSA) is 163 Å². The van der Waals surface area contributed by atoms with Gasteiger partial charge >= 0.3 is 0 Å². The Bertz CT molecular complexity index is 1370. The zero-order valence-electron chi connectivity index (χ0n) is 19.5. The summed E-state index contributed by atoms with van der Waals surface area (Å²) >= 11 is 0. The van der Waals surface area contributed by atoms with E-state index in [1.807, 2.05) is 20.8 Å². The van der Waals surface area contributed by atoms with Crippen LogP contribution in [0.5, 0.6) is 0 Å². The van der Waals surface area contributed by atoms with Gasteiger partial charge in [-0.3, -0.25) is 13.7 Å². The summed E-state index contributed by atoms with van der Waals surface area (Å²) in [5.74, 6) is 0. The Morgan fingerprint density at radius 3 is 1.47 bits per heavy atom. The molecule has 0 aliphatic heterocycles. The Morgan fingerprint density at radius 1 is 0.588 bits per heavy atom. The molecule has 192 valence electrons. The van der Waals surface area contributed by atoms with Gasteiger partial charge in [-0.2, -0.15) is 25.3 Å². The minimum atomic E-state index is -5.50. The summed E-state index contributed by atoms with van der Waals surface area (Å²) in [4.78, 5) is -3.98. The van der Waals surface area contributed by atoms with Crippen molar-refractivity contribution >= 4 is 41.1 Å². The van der Waals surface area contributed by atoms with Gasteiger partial charge in [-0.25, -0.2) is 0 Å². The van der Waals surface area contributed by atoms with Gasteiger partial charge in [0.15, 0.2) is 0 Å². The molecule has 0 fully saturated rings. The van der Waals surface area contributed by atoms with Gasteiger partial charge in [-0.05, 0) is 60.6 Å². The number of hydrogen-bond donors (Lipinski definition) is 3. The van der Waals surface area contributed by atoms with Crippen LogP contribution in [0.15, 0.2) is 26.8 Å². The molecule has 0 amide bonds. The molecule has 9 nitrogen and oxygen atoms in total. The first-order valence-corrected chi connectivity index (χ1v) is 15.6. The number of unbranched alkanes of at least 4 members (excludes halogenated alkanes) is 3. The number of fused-ring (bicyclic) bond motifs is 1. The molecule has 0 aliphatic rings. The monoisotopic (exact) mass is 536 g/mol. The molecule has 2 aromatic rings. The SMILES string of the molecule is CCCCc1ccc2c(S(=O)(=O)O)c(S(=O)(=O)O)c(S(=O)(=O)O)c(CCCC)c2c1CCCC. The van der Waals surface area contributed by atoms with Gasteiger partial charge in [-0.15, -0.1) is 0 Å². The van der Waals surface area contributed by atoms with Crippen molar-refractivity contribution in [3.05, 3.63) is 28.8 Å². The van der Waals surface area contributed by atoms with E-state index in [9.17, 15) is 38.9 Å². The third-order valence-corrected chi connectivity index (χ3v) is 8.87. The summed E-state index contributed by atoms with van der Waals surface area (Å²) < 4.78 is 104. The second-order valence-corrected chi connectivity index (χ2v) is 12.4. The average Bonchev–Trinajstić information content (AvgIpc) is 2.71. The van der Waals surface area contributed by atoms with Crippen LogP contribution in [-0.4, -0.2) is 38.9 Å². The maximum absolute atomic E-state index is 12.5. The third kappa shape index (κ3) is 6.16. The lowest BCUT2D eigenvalue weighted by atomic mass is 9.88. The summed E-state index contributed by atoms with van der Waals surface area (Å²) in [5, 5.41) is -0.0249. The fourth-order valence-corrected chi connectivity index (χ4v) is 7.96. The molecule has 2 aromatic carbocycles. The molecule has 12 heteroatoms. The van der Waals surface area contributed by atoms with E-state index >= 15 is 0 Å². The van der Waals surface area contributed by atoms with Crippen LogP contribution in [0.25, 0.3) is 10.8 Å². The maximum atomic E-state index is 12.5. The normalized spacial score (nSPS) is 13.0. The molecule has 0 aliphatic carbocycles. The van der Waals surface area contributed by atoms with E-state index in [1.165, 1.54) is 6.07 Å². The van der Waals surface area contributed by atoms with Crippen LogP contribution >= 0.6 is 0 Å². The second-order valence-electron chi connectivity index (χ2n) is 8.33. The van der Waals surface area contributed by atoms with E-state index < -0.39 is 45.0 Å². The Labute approximate surface area is 201 Å². The molecule has 0 radical (unpaired) electrons. The van der Waals surface area contributed by atoms with Crippen LogP contribution in [0, 0.1) is 0 Å². The van der Waals surface area contributed by atoms with Crippen LogP contribution in [-0.2, 0) is 49.6 Å². The van der Waals surface area contributed by atoms with E-state index in [0.717, 1.165) is 24.8 Å². The molecule has 0 atom stereocenters. The largest absolute Gasteiger partial charge is 0.297 e. The van der Waals surface area contributed by atoms with Gasteiger partial charge in [0.2, 0.25) is 0 Å². The van der Waals surface area contributed by atoms with Crippen molar-refractivity contribution < 1.29 is 38.9 Å². The Hall–Kier alpha value is -1.57. The van der Waals surface area contributed by atoms with Crippen LogP contribution in [0.3, 0.4) is 0 Å². The van der Waals surface area contributed by atoms with Crippen molar-refractivity contribution in [1.82, 2.24) is 0 Å². The maximum Gasteiger partial charge on any atom is 0.297 e. The summed E-state index contributed by atoms with van der Waals surface area (Å²) in [6.45, 7) is 5.79. The molecule has 0 aromatic heterocycles. The van der Waals surface area contributed by atoms with Crippen LogP contribution < -0.4 is 0 Å². The lowest BCUT2D eigenvalue weighted by Crippen LogP contribution is -2.18. The predicted octanol–water partition coefficient (Wildman–Crippen LogP) is 4.61. The van der Waals surface area contributed by atoms with Crippen molar-refractivity contribution in [2.45, 2.75) is 93.2 Å². The van der Waals surface area contributed by atoms with Gasteiger partial charge < -0.3 is 0 Å². The highest BCUT2D eigenvalue weighted by Crippen LogP contribution is 2.42. The molecule has 0 bridgehead atoms. The second kappa shape index (κ2) is 11.0. The zero-order valence-corrected chi connectivity index (χ0v) is 22.0. The van der Waals surface area contributed by atoms with Gasteiger partial charge in [0.05, 0.1) is 0 Å². The number of benzene rings is 2. The average molecular weight is 537 g/mol. The minimum absolute atomic E-state index is 0.00670. The summed E-state index contributed by atoms with van der Waals surface area (Å²) in [5.41, 5.74) is 1.42. The highest BCUT2D eigenvalue weighted by molar-refractivity contribution is 7.90. The van der Waals surface area contributed by atoms with E-state index in [2.05, 4.69) is 0 Å². The lowest BCUT2D eigenvalue weighted by Gasteiger charge is -2.22. The van der Waals surface area contributed by atoms with Crippen molar-refractivity contribution in [2.24, 2.45) is 0 Å². The molecule has 0 saturated carbocycles. The van der Waals surface area contributed by atoms with E-state index in [1.54, 1.807) is 6.07 Å². The van der Waals surface area contributed by atoms with Gasteiger partial charge in [-0.1, -0.05) is 52.2 Å². The van der Waals surface area contributed by atoms with Crippen LogP contribution in [0.2, 0.25) is 0 Å². The zero-order chi connectivity index (χ0) is 25.9. The van der Waals surface area contributed by atoms with E-state index in [-0.39, 0.29) is 22.8 Å². The highest BCUT2D eigenvalue weighted by Gasteiger charge is 2.38. The quantitative estimate of drug-likeness (QED) is 0.329. The molecule has 0 saturated heterocycles. The standard InChI is InChI=1S/C22H32O9S3/c1-4-7-10-15-13-14-18-19(16(15)11-8-5-2)17(12-9-6-3)20(32(23,24)25)22(34(29,30)31)21(18)33(26,27)28/h13-14H,4-12H2,1-3H3,(H,23,24,25)(H,26,27,28)(H,29,30,31). The smallest absolute Gasteiger partial charge is 0.282 e. The van der Waals surface area contributed by atoms with Gasteiger partial charge in [0.1, 0.15) is 14.7 Å². The highest BCUT2D eigenvalue weighted by atomic mass is 32.2. The molecular formula is C22H32O9S3. The summed E-state index contributed by atoms with van der Waals surface area (Å²) in [7, 11) is -16.2. The van der Waals surface area contributed by atoms with E-state index in [0.29, 0.717) is 37.7 Å². The molecule has 2 rings (SSSR count). The number of aryl methyl sites for hydroxylation is 3. The first kappa shape index (κ1) is 28.7.